The number of carbonyl (C=O) groups excluding carboxylic acids is 3. The number of allylic oxidation sites excluding steroid dienone is 2. The Morgan fingerprint density at radius 2 is 1.61 bits per heavy atom. The summed E-state index contributed by atoms with van der Waals surface area (Å²) in [5.74, 6) is -3.82. The fourth-order valence-electron chi connectivity index (χ4n) is 6.14. The number of hydrogen-bond acceptors (Lipinski definition) is 9. The number of hydrogen-bond donors (Lipinski definition) is 3. The van der Waals surface area contributed by atoms with Crippen LogP contribution in [0.15, 0.2) is 11.3 Å². The Hall–Kier alpha value is -3.07. The first-order chi connectivity index (χ1) is 16.5. The van der Waals surface area contributed by atoms with E-state index in [9.17, 15) is 29.7 Å². The summed E-state index contributed by atoms with van der Waals surface area (Å²) < 4.78 is 16.8. The summed E-state index contributed by atoms with van der Waals surface area (Å²) in [5.41, 5.74) is -1.85. The molecular formula is C27H36O9. The summed E-state index contributed by atoms with van der Waals surface area (Å²) in [6.45, 7) is 13.2. The number of rotatable bonds is 6. The zero-order valence-corrected chi connectivity index (χ0v) is 22.1. The van der Waals surface area contributed by atoms with Gasteiger partial charge in [-0.3, -0.25) is 14.4 Å². The fraction of sp³-hybridized carbons (Fsp3) is 0.593. The van der Waals surface area contributed by atoms with E-state index < -0.39 is 58.0 Å². The van der Waals surface area contributed by atoms with Gasteiger partial charge in [0, 0.05) is 36.8 Å². The molecule has 1 fully saturated rings. The lowest BCUT2D eigenvalue weighted by Gasteiger charge is -2.51. The second kappa shape index (κ2) is 9.42. The van der Waals surface area contributed by atoms with E-state index in [2.05, 4.69) is 0 Å². The van der Waals surface area contributed by atoms with Gasteiger partial charge < -0.3 is 29.5 Å². The van der Waals surface area contributed by atoms with E-state index in [-0.39, 0.29) is 41.4 Å². The molecule has 0 heterocycles. The number of Topliss-reactive ketones (excluding diaryl/α,β-unsaturated/α-hetero) is 1. The average molecular weight is 505 g/mol. The van der Waals surface area contributed by atoms with Crippen LogP contribution in [0, 0.1) is 5.41 Å². The van der Waals surface area contributed by atoms with Crippen LogP contribution in [-0.2, 0) is 30.9 Å². The fourth-order valence-corrected chi connectivity index (χ4v) is 6.14. The second-order valence-electron chi connectivity index (χ2n) is 11.0. The van der Waals surface area contributed by atoms with Gasteiger partial charge in [-0.2, -0.15) is 0 Å². The molecule has 3 atom stereocenters. The summed E-state index contributed by atoms with van der Waals surface area (Å²) in [7, 11) is 0. The molecule has 2 aliphatic carbocycles. The van der Waals surface area contributed by atoms with Crippen LogP contribution in [0.2, 0.25) is 0 Å². The molecule has 3 rings (SSSR count). The summed E-state index contributed by atoms with van der Waals surface area (Å²) in [6, 6.07) is 0. The summed E-state index contributed by atoms with van der Waals surface area (Å²) in [6.07, 6.45) is -0.690. The lowest BCUT2D eigenvalue weighted by atomic mass is 9.53. The smallest absolute Gasteiger partial charge is 0.308 e. The van der Waals surface area contributed by atoms with E-state index in [1.165, 1.54) is 6.92 Å². The number of phenolic OH excluding ortho intramolecular Hbond substituents is 2. The molecule has 198 valence electrons. The molecule has 1 unspecified atom stereocenters. The number of ether oxygens (including phenoxy) is 3. The van der Waals surface area contributed by atoms with Crippen LogP contribution in [0.4, 0.5) is 0 Å². The number of benzene rings is 1. The second-order valence-corrected chi connectivity index (χ2v) is 11.0. The number of esters is 2. The number of carbonyl (C=O) groups is 3. The molecule has 1 aromatic carbocycles. The maximum absolute atomic E-state index is 13.5. The highest BCUT2D eigenvalue weighted by Crippen LogP contribution is 2.61. The minimum absolute atomic E-state index is 0.0142. The maximum atomic E-state index is 13.5. The molecule has 1 aromatic rings. The van der Waals surface area contributed by atoms with Crippen molar-refractivity contribution in [2.24, 2.45) is 5.41 Å². The molecule has 0 saturated heterocycles. The predicted octanol–water partition coefficient (Wildman–Crippen LogP) is 4.40. The quantitative estimate of drug-likeness (QED) is 0.380. The van der Waals surface area contributed by atoms with Gasteiger partial charge >= 0.3 is 11.9 Å². The molecule has 0 bridgehead atoms. The molecule has 0 aliphatic heterocycles. The molecule has 0 spiro atoms. The van der Waals surface area contributed by atoms with Gasteiger partial charge in [-0.05, 0) is 44.6 Å². The Morgan fingerprint density at radius 1 is 1.00 bits per heavy atom. The van der Waals surface area contributed by atoms with Gasteiger partial charge in [0.05, 0.1) is 17.8 Å². The van der Waals surface area contributed by atoms with E-state index in [1.807, 2.05) is 27.7 Å². The van der Waals surface area contributed by atoms with Crippen LogP contribution < -0.4 is 4.74 Å². The summed E-state index contributed by atoms with van der Waals surface area (Å²) >= 11 is 0. The van der Waals surface area contributed by atoms with Crippen molar-refractivity contribution in [3.8, 4) is 17.2 Å². The Morgan fingerprint density at radius 3 is 2.14 bits per heavy atom. The normalized spacial score (nSPS) is 23.7. The van der Waals surface area contributed by atoms with Crippen molar-refractivity contribution in [3.05, 3.63) is 28.0 Å². The third-order valence-electron chi connectivity index (χ3n) is 6.91. The molecule has 9 nitrogen and oxygen atoms in total. The summed E-state index contributed by atoms with van der Waals surface area (Å²) in [5, 5.41) is 33.7. The summed E-state index contributed by atoms with van der Waals surface area (Å²) in [4.78, 5) is 37.5. The SMILES string of the molecule is CC(=O)Oc1c(O)c(CC(C)OC(C)C)c(O)c2c1[C@@]1(C)C[C@@H](OC(C)=O)CC(C)(C)C1=C(O)C2=O. The van der Waals surface area contributed by atoms with E-state index in [1.54, 1.807) is 13.8 Å². The van der Waals surface area contributed by atoms with E-state index >= 15 is 0 Å². The van der Waals surface area contributed by atoms with Gasteiger partial charge in [0.15, 0.2) is 17.3 Å². The predicted molar refractivity (Wildman–Crippen MR) is 130 cm³/mol. The molecule has 0 amide bonds. The molecule has 9 heteroatoms. The molecule has 3 N–H and O–H groups in total. The molecular weight excluding hydrogens is 468 g/mol. The highest BCUT2D eigenvalue weighted by atomic mass is 16.5. The van der Waals surface area contributed by atoms with Crippen molar-refractivity contribution in [1.82, 2.24) is 0 Å². The van der Waals surface area contributed by atoms with Crippen molar-refractivity contribution in [3.63, 3.8) is 0 Å². The van der Waals surface area contributed by atoms with E-state index in [0.717, 1.165) is 6.92 Å². The highest BCUT2D eigenvalue weighted by molar-refractivity contribution is 6.14. The zero-order valence-electron chi connectivity index (χ0n) is 22.1. The Kier molecular flexibility index (Phi) is 7.20. The number of fused-ring (bicyclic) bond motifs is 3. The van der Waals surface area contributed by atoms with E-state index in [0.29, 0.717) is 12.0 Å². The van der Waals surface area contributed by atoms with Crippen LogP contribution in [0.5, 0.6) is 17.2 Å². The Balaban J connectivity index is 2.36. The zero-order chi connectivity index (χ0) is 27.3. The standard InChI is InChI=1S/C27H36O9/c1-12(2)34-13(3)9-17-20(30)18-19(24(21(17)31)36-15(5)29)27(8)11-16(35-14(4)28)10-26(6,7)25(27)23(33)22(18)32/h12-13,16,30-31,33H,9-11H2,1-8H3/t13?,16-,27+/m0/s1. The van der Waals surface area contributed by atoms with Gasteiger partial charge in [0.25, 0.3) is 0 Å². The molecule has 2 aliphatic rings. The first-order valence-corrected chi connectivity index (χ1v) is 12.1. The topological polar surface area (TPSA) is 140 Å². The van der Waals surface area contributed by atoms with E-state index in [4.69, 9.17) is 14.2 Å². The first kappa shape index (κ1) is 27.5. The van der Waals surface area contributed by atoms with Crippen LogP contribution in [0.1, 0.15) is 89.7 Å². The molecule has 0 radical (unpaired) electrons. The minimum atomic E-state index is -1.21. The largest absolute Gasteiger partial charge is 0.507 e. The van der Waals surface area contributed by atoms with Gasteiger partial charge in [-0.15, -0.1) is 0 Å². The Bertz CT molecular complexity index is 1140. The highest BCUT2D eigenvalue weighted by Gasteiger charge is 2.56. The first-order valence-electron chi connectivity index (χ1n) is 12.1. The van der Waals surface area contributed by atoms with Crippen LogP contribution in [0.25, 0.3) is 0 Å². The number of ketones is 1. The van der Waals surface area contributed by atoms with Crippen molar-refractivity contribution in [1.29, 1.82) is 0 Å². The number of aliphatic hydroxyl groups excluding tert-OH is 1. The maximum Gasteiger partial charge on any atom is 0.308 e. The van der Waals surface area contributed by atoms with Gasteiger partial charge in [0.2, 0.25) is 5.78 Å². The van der Waals surface area contributed by atoms with Crippen LogP contribution >= 0.6 is 0 Å². The molecule has 0 aromatic heterocycles. The number of aliphatic hydroxyl groups is 1. The van der Waals surface area contributed by atoms with Gasteiger partial charge in [-0.25, -0.2) is 0 Å². The molecule has 36 heavy (non-hydrogen) atoms. The van der Waals surface area contributed by atoms with Crippen LogP contribution in [0.3, 0.4) is 0 Å². The lowest BCUT2D eigenvalue weighted by molar-refractivity contribution is -0.149. The number of phenols is 2. The third kappa shape index (κ3) is 4.68. The van der Waals surface area contributed by atoms with Crippen LogP contribution in [-0.4, -0.2) is 51.4 Å². The van der Waals surface area contributed by atoms with Gasteiger partial charge in [0.1, 0.15) is 11.9 Å². The lowest BCUT2D eigenvalue weighted by Crippen LogP contribution is -2.49. The van der Waals surface area contributed by atoms with Gasteiger partial charge in [-0.1, -0.05) is 20.8 Å². The average Bonchev–Trinajstić information content (AvgIpc) is 2.68. The van der Waals surface area contributed by atoms with Crippen molar-refractivity contribution in [2.45, 2.75) is 98.4 Å². The van der Waals surface area contributed by atoms with Crippen molar-refractivity contribution >= 4 is 17.7 Å². The minimum Gasteiger partial charge on any atom is -0.507 e. The Labute approximate surface area is 211 Å². The van der Waals surface area contributed by atoms with Crippen molar-refractivity contribution < 1.29 is 43.9 Å². The third-order valence-corrected chi connectivity index (χ3v) is 6.91. The van der Waals surface area contributed by atoms with Crippen molar-refractivity contribution in [2.75, 3.05) is 0 Å². The monoisotopic (exact) mass is 504 g/mol. The number of aromatic hydroxyl groups is 2. The molecule has 1 saturated carbocycles.